The standard InChI is InChI=1S/C22H28N2O2S/c1-4-20(25)24-11-10-22(15-24,21(26)23-16(2)3)13-17-5-7-18(8-6-17)19-9-12-27-14-19/h5-9,12,14,16H,4,10-11,13,15H2,1-3H3,(H,23,26)/t22-/m1/s1. The first-order chi connectivity index (χ1) is 12.9. The van der Waals surface area contributed by atoms with Crippen LogP contribution in [-0.4, -0.2) is 35.8 Å². The first kappa shape index (κ1) is 19.6. The SMILES string of the molecule is CCC(=O)N1CC[C@](Cc2ccc(-c3ccsc3)cc2)(C(=O)NC(C)C)C1. The molecule has 0 bridgehead atoms. The number of likely N-dealkylation sites (tertiary alicyclic amines) is 1. The number of benzene rings is 1. The summed E-state index contributed by atoms with van der Waals surface area (Å²) in [5.41, 5.74) is 3.01. The Morgan fingerprint density at radius 3 is 2.52 bits per heavy atom. The fourth-order valence-electron chi connectivity index (χ4n) is 3.77. The largest absolute Gasteiger partial charge is 0.353 e. The number of hydrogen-bond donors (Lipinski definition) is 1. The molecule has 1 aliphatic rings. The summed E-state index contributed by atoms with van der Waals surface area (Å²) in [5, 5.41) is 7.29. The number of thiophene rings is 1. The van der Waals surface area contributed by atoms with Gasteiger partial charge in [0, 0.05) is 25.6 Å². The van der Waals surface area contributed by atoms with Gasteiger partial charge >= 0.3 is 0 Å². The Kier molecular flexibility index (Phi) is 6.00. The van der Waals surface area contributed by atoms with Crippen molar-refractivity contribution in [1.29, 1.82) is 0 Å². The van der Waals surface area contributed by atoms with Crippen molar-refractivity contribution in [3.05, 3.63) is 46.7 Å². The zero-order valence-corrected chi connectivity index (χ0v) is 17.1. The van der Waals surface area contributed by atoms with Gasteiger partial charge in [0.15, 0.2) is 0 Å². The highest BCUT2D eigenvalue weighted by Gasteiger charge is 2.45. The number of carbonyl (C=O) groups excluding carboxylic acids is 2. The Bertz CT molecular complexity index is 783. The summed E-state index contributed by atoms with van der Waals surface area (Å²) >= 11 is 1.69. The van der Waals surface area contributed by atoms with Gasteiger partial charge in [-0.05, 0) is 60.2 Å². The van der Waals surface area contributed by atoms with E-state index in [9.17, 15) is 9.59 Å². The molecule has 1 atom stereocenters. The molecule has 0 saturated carbocycles. The molecule has 2 aromatic rings. The van der Waals surface area contributed by atoms with Gasteiger partial charge in [-0.15, -0.1) is 0 Å². The fraction of sp³-hybridized carbons (Fsp3) is 0.455. The highest BCUT2D eigenvalue weighted by molar-refractivity contribution is 7.08. The van der Waals surface area contributed by atoms with Gasteiger partial charge in [-0.25, -0.2) is 0 Å². The molecule has 5 heteroatoms. The average molecular weight is 385 g/mol. The molecule has 2 amide bonds. The third kappa shape index (κ3) is 4.41. The maximum absolute atomic E-state index is 13.0. The van der Waals surface area contributed by atoms with E-state index in [4.69, 9.17) is 0 Å². The minimum atomic E-state index is -0.543. The number of nitrogens with zero attached hydrogens (tertiary/aromatic N) is 1. The summed E-state index contributed by atoms with van der Waals surface area (Å²) in [5.74, 6) is 0.188. The predicted octanol–water partition coefficient (Wildman–Crippen LogP) is 4.11. The number of amides is 2. The second-order valence-corrected chi connectivity index (χ2v) is 8.49. The number of rotatable bonds is 6. The molecule has 1 saturated heterocycles. The van der Waals surface area contributed by atoms with Crippen molar-refractivity contribution < 1.29 is 9.59 Å². The van der Waals surface area contributed by atoms with Crippen LogP contribution in [0.3, 0.4) is 0 Å². The smallest absolute Gasteiger partial charge is 0.228 e. The van der Waals surface area contributed by atoms with Crippen LogP contribution in [-0.2, 0) is 16.0 Å². The second kappa shape index (κ2) is 8.26. The lowest BCUT2D eigenvalue weighted by atomic mass is 9.79. The molecule has 0 aliphatic carbocycles. The third-order valence-electron chi connectivity index (χ3n) is 5.26. The summed E-state index contributed by atoms with van der Waals surface area (Å²) < 4.78 is 0. The van der Waals surface area contributed by atoms with Gasteiger partial charge in [-0.3, -0.25) is 9.59 Å². The molecule has 0 spiro atoms. The minimum Gasteiger partial charge on any atom is -0.353 e. The van der Waals surface area contributed by atoms with Crippen LogP contribution in [0.5, 0.6) is 0 Å². The summed E-state index contributed by atoms with van der Waals surface area (Å²) in [7, 11) is 0. The van der Waals surface area contributed by atoms with Crippen LogP contribution in [0, 0.1) is 5.41 Å². The molecule has 2 heterocycles. The van der Waals surface area contributed by atoms with Crippen molar-refractivity contribution in [1.82, 2.24) is 10.2 Å². The molecule has 0 unspecified atom stereocenters. The molecule has 4 nitrogen and oxygen atoms in total. The molecule has 1 aromatic carbocycles. The molecular formula is C22H28N2O2S. The van der Waals surface area contributed by atoms with E-state index >= 15 is 0 Å². The second-order valence-electron chi connectivity index (χ2n) is 7.71. The van der Waals surface area contributed by atoms with Crippen molar-refractivity contribution in [3.8, 4) is 11.1 Å². The van der Waals surface area contributed by atoms with Crippen molar-refractivity contribution in [2.24, 2.45) is 5.41 Å². The van der Waals surface area contributed by atoms with E-state index in [2.05, 4.69) is 46.4 Å². The molecule has 1 aliphatic heterocycles. The Hall–Kier alpha value is -2.14. The predicted molar refractivity (Wildman–Crippen MR) is 111 cm³/mol. The van der Waals surface area contributed by atoms with Gasteiger partial charge in [0.25, 0.3) is 0 Å². The molecule has 1 aromatic heterocycles. The van der Waals surface area contributed by atoms with Crippen LogP contribution in [0.15, 0.2) is 41.1 Å². The molecule has 1 fully saturated rings. The van der Waals surface area contributed by atoms with Gasteiger partial charge in [-0.2, -0.15) is 11.3 Å². The van der Waals surface area contributed by atoms with Crippen molar-refractivity contribution in [2.75, 3.05) is 13.1 Å². The van der Waals surface area contributed by atoms with E-state index in [0.29, 0.717) is 32.4 Å². The van der Waals surface area contributed by atoms with Crippen molar-refractivity contribution in [2.45, 2.75) is 46.1 Å². The summed E-state index contributed by atoms with van der Waals surface area (Å²) in [6, 6.07) is 10.7. The van der Waals surface area contributed by atoms with E-state index in [1.807, 2.05) is 25.7 Å². The van der Waals surface area contributed by atoms with Gasteiger partial charge < -0.3 is 10.2 Å². The normalized spacial score (nSPS) is 19.5. The van der Waals surface area contributed by atoms with E-state index < -0.39 is 5.41 Å². The maximum atomic E-state index is 13.0. The first-order valence-electron chi connectivity index (χ1n) is 9.64. The number of carbonyl (C=O) groups is 2. The zero-order chi connectivity index (χ0) is 19.4. The lowest BCUT2D eigenvalue weighted by Gasteiger charge is -2.29. The molecule has 27 heavy (non-hydrogen) atoms. The molecule has 1 N–H and O–H groups in total. The Balaban J connectivity index is 1.81. The Morgan fingerprint density at radius 1 is 1.19 bits per heavy atom. The van der Waals surface area contributed by atoms with Crippen LogP contribution in [0.1, 0.15) is 39.2 Å². The molecule has 144 valence electrons. The Morgan fingerprint density at radius 2 is 1.93 bits per heavy atom. The van der Waals surface area contributed by atoms with Crippen LogP contribution >= 0.6 is 11.3 Å². The van der Waals surface area contributed by atoms with E-state index in [-0.39, 0.29) is 17.9 Å². The number of nitrogens with one attached hydrogen (secondary N) is 1. The lowest BCUT2D eigenvalue weighted by molar-refractivity contribution is -0.133. The van der Waals surface area contributed by atoms with Crippen LogP contribution in [0.4, 0.5) is 0 Å². The minimum absolute atomic E-state index is 0.0609. The van der Waals surface area contributed by atoms with Crippen molar-refractivity contribution in [3.63, 3.8) is 0 Å². The summed E-state index contributed by atoms with van der Waals surface area (Å²) in [4.78, 5) is 27.1. The van der Waals surface area contributed by atoms with Crippen LogP contribution in [0.2, 0.25) is 0 Å². The topological polar surface area (TPSA) is 49.4 Å². The van der Waals surface area contributed by atoms with Gasteiger partial charge in [0.05, 0.1) is 5.41 Å². The summed E-state index contributed by atoms with van der Waals surface area (Å²) in [6.07, 6.45) is 1.85. The van der Waals surface area contributed by atoms with Crippen molar-refractivity contribution >= 4 is 23.2 Å². The van der Waals surface area contributed by atoms with E-state index in [0.717, 1.165) is 5.56 Å². The third-order valence-corrected chi connectivity index (χ3v) is 5.94. The van der Waals surface area contributed by atoms with E-state index in [1.165, 1.54) is 11.1 Å². The van der Waals surface area contributed by atoms with Gasteiger partial charge in [0.2, 0.25) is 11.8 Å². The fourth-order valence-corrected chi connectivity index (χ4v) is 4.43. The van der Waals surface area contributed by atoms with E-state index in [1.54, 1.807) is 11.3 Å². The number of hydrogen-bond acceptors (Lipinski definition) is 3. The Labute approximate surface area is 165 Å². The molecule has 0 radical (unpaired) electrons. The quantitative estimate of drug-likeness (QED) is 0.815. The summed E-state index contributed by atoms with van der Waals surface area (Å²) in [6.45, 7) is 6.99. The first-order valence-corrected chi connectivity index (χ1v) is 10.6. The van der Waals surface area contributed by atoms with Crippen LogP contribution < -0.4 is 5.32 Å². The highest BCUT2D eigenvalue weighted by atomic mass is 32.1. The maximum Gasteiger partial charge on any atom is 0.228 e. The van der Waals surface area contributed by atoms with Crippen LogP contribution in [0.25, 0.3) is 11.1 Å². The monoisotopic (exact) mass is 384 g/mol. The van der Waals surface area contributed by atoms with Gasteiger partial charge in [0.1, 0.15) is 0 Å². The molecule has 3 rings (SSSR count). The zero-order valence-electron chi connectivity index (χ0n) is 16.3. The molecular weight excluding hydrogens is 356 g/mol. The lowest BCUT2D eigenvalue weighted by Crippen LogP contribution is -2.47. The highest BCUT2D eigenvalue weighted by Crippen LogP contribution is 2.36. The average Bonchev–Trinajstić information content (AvgIpc) is 3.32. The van der Waals surface area contributed by atoms with Gasteiger partial charge in [-0.1, -0.05) is 31.2 Å².